The molecule has 2 rings (SSSR count). The van der Waals surface area contributed by atoms with Gasteiger partial charge in [0.2, 0.25) is 0 Å². The molecule has 3 nitrogen and oxygen atoms in total. The Hall–Kier alpha value is -1.11. The van der Waals surface area contributed by atoms with Crippen molar-refractivity contribution in [3.63, 3.8) is 0 Å². The second-order valence-electron chi connectivity index (χ2n) is 5.27. The van der Waals surface area contributed by atoms with Crippen LogP contribution >= 0.6 is 0 Å². The summed E-state index contributed by atoms with van der Waals surface area (Å²) in [6, 6.07) is 2.52. The van der Waals surface area contributed by atoms with Crippen molar-refractivity contribution in [2.75, 3.05) is 13.1 Å². The smallest absolute Gasteiger partial charge is 0.194 e. The first-order chi connectivity index (χ1) is 9.58. The molecule has 0 amide bonds. The van der Waals surface area contributed by atoms with Crippen molar-refractivity contribution in [2.45, 2.75) is 32.4 Å². The van der Waals surface area contributed by atoms with Crippen LogP contribution in [0.5, 0.6) is 0 Å². The van der Waals surface area contributed by atoms with Crippen LogP contribution < -0.4 is 16.2 Å². The third kappa shape index (κ3) is 3.94. The summed E-state index contributed by atoms with van der Waals surface area (Å²) in [7, 11) is 0. The standard InChI is InChI=1S/C14H20F3N3/c1-9-11(8-19-20-9)3-2-4-18-7-10-5-12(15)14(17)13(16)6-10/h5-6,9,11,18-20H,2-4,7-8H2,1H3. The van der Waals surface area contributed by atoms with E-state index < -0.39 is 17.5 Å². The SMILES string of the molecule is CC1NNCC1CCCNCc1cc(F)c(F)c(F)c1. The lowest BCUT2D eigenvalue weighted by atomic mass is 9.98. The molecule has 2 unspecified atom stereocenters. The minimum atomic E-state index is -1.41. The van der Waals surface area contributed by atoms with Gasteiger partial charge < -0.3 is 5.32 Å². The fourth-order valence-corrected chi connectivity index (χ4v) is 2.43. The van der Waals surface area contributed by atoms with Crippen LogP contribution in [0, 0.1) is 23.4 Å². The molecule has 1 aromatic rings. The lowest BCUT2D eigenvalue weighted by Crippen LogP contribution is -2.28. The molecule has 0 aromatic heterocycles. The number of hydrazine groups is 1. The molecule has 0 bridgehead atoms. The highest BCUT2D eigenvalue weighted by Gasteiger charge is 2.21. The van der Waals surface area contributed by atoms with E-state index >= 15 is 0 Å². The van der Waals surface area contributed by atoms with Gasteiger partial charge in [0.1, 0.15) is 0 Å². The Labute approximate surface area is 116 Å². The highest BCUT2D eigenvalue weighted by atomic mass is 19.2. The molecule has 0 aliphatic carbocycles. The van der Waals surface area contributed by atoms with Gasteiger partial charge in [-0.15, -0.1) is 0 Å². The van der Waals surface area contributed by atoms with E-state index in [0.29, 0.717) is 24.1 Å². The molecule has 20 heavy (non-hydrogen) atoms. The van der Waals surface area contributed by atoms with Crippen LogP contribution in [-0.4, -0.2) is 19.1 Å². The second kappa shape index (κ2) is 7.06. The Balaban J connectivity index is 1.68. The summed E-state index contributed by atoms with van der Waals surface area (Å²) in [5.41, 5.74) is 6.70. The van der Waals surface area contributed by atoms with Gasteiger partial charge in [-0.2, -0.15) is 0 Å². The fraction of sp³-hybridized carbons (Fsp3) is 0.571. The Bertz CT molecular complexity index is 430. The lowest BCUT2D eigenvalue weighted by Gasteiger charge is -2.13. The van der Waals surface area contributed by atoms with Gasteiger partial charge in [0.15, 0.2) is 17.5 Å². The van der Waals surface area contributed by atoms with Crippen LogP contribution in [0.2, 0.25) is 0 Å². The number of hydrogen-bond acceptors (Lipinski definition) is 3. The van der Waals surface area contributed by atoms with Crippen LogP contribution in [0.1, 0.15) is 25.3 Å². The van der Waals surface area contributed by atoms with Gasteiger partial charge in [0.05, 0.1) is 0 Å². The number of hydrogen-bond donors (Lipinski definition) is 3. The molecule has 1 aliphatic heterocycles. The Morgan fingerprint density at radius 3 is 2.55 bits per heavy atom. The van der Waals surface area contributed by atoms with E-state index in [1.165, 1.54) is 0 Å². The van der Waals surface area contributed by atoms with Crippen LogP contribution in [0.4, 0.5) is 13.2 Å². The molecule has 1 saturated heterocycles. The van der Waals surface area contributed by atoms with E-state index in [4.69, 9.17) is 0 Å². The van der Waals surface area contributed by atoms with Crippen molar-refractivity contribution in [1.29, 1.82) is 0 Å². The minimum absolute atomic E-state index is 0.338. The maximum Gasteiger partial charge on any atom is 0.194 e. The fourth-order valence-electron chi connectivity index (χ4n) is 2.43. The number of halogens is 3. The van der Waals surface area contributed by atoms with Gasteiger partial charge in [-0.1, -0.05) is 0 Å². The van der Waals surface area contributed by atoms with Crippen molar-refractivity contribution in [1.82, 2.24) is 16.2 Å². The third-order valence-corrected chi connectivity index (χ3v) is 3.70. The molecule has 2 atom stereocenters. The molecule has 0 radical (unpaired) electrons. The monoisotopic (exact) mass is 287 g/mol. The molecule has 1 aromatic carbocycles. The summed E-state index contributed by atoms with van der Waals surface area (Å²) >= 11 is 0. The summed E-state index contributed by atoms with van der Waals surface area (Å²) in [6.45, 7) is 4.21. The van der Waals surface area contributed by atoms with Crippen molar-refractivity contribution >= 4 is 0 Å². The van der Waals surface area contributed by atoms with Gasteiger partial charge in [-0.3, -0.25) is 10.9 Å². The minimum Gasteiger partial charge on any atom is -0.313 e. The zero-order valence-electron chi connectivity index (χ0n) is 11.5. The number of nitrogens with one attached hydrogen (secondary N) is 3. The largest absolute Gasteiger partial charge is 0.313 e. The first-order valence-corrected chi connectivity index (χ1v) is 6.90. The summed E-state index contributed by atoms with van der Waals surface area (Å²) in [5.74, 6) is -3.08. The van der Waals surface area contributed by atoms with E-state index in [9.17, 15) is 13.2 Å². The van der Waals surface area contributed by atoms with Crippen molar-refractivity contribution in [3.8, 4) is 0 Å². The van der Waals surface area contributed by atoms with Crippen LogP contribution in [-0.2, 0) is 6.54 Å². The van der Waals surface area contributed by atoms with Crippen LogP contribution in [0.3, 0.4) is 0 Å². The molecular weight excluding hydrogens is 267 g/mol. The van der Waals surface area contributed by atoms with Crippen molar-refractivity contribution in [3.05, 3.63) is 35.1 Å². The van der Waals surface area contributed by atoms with Crippen molar-refractivity contribution in [2.24, 2.45) is 5.92 Å². The number of rotatable bonds is 6. The van der Waals surface area contributed by atoms with E-state index in [0.717, 1.165) is 38.1 Å². The molecule has 112 valence electrons. The molecule has 0 spiro atoms. The second-order valence-corrected chi connectivity index (χ2v) is 5.27. The maximum atomic E-state index is 13.0. The molecule has 6 heteroatoms. The van der Waals surface area contributed by atoms with Crippen LogP contribution in [0.15, 0.2) is 12.1 Å². The Morgan fingerprint density at radius 1 is 1.25 bits per heavy atom. The molecule has 1 aliphatic rings. The summed E-state index contributed by atoms with van der Waals surface area (Å²) < 4.78 is 38.8. The molecule has 1 fully saturated rings. The lowest BCUT2D eigenvalue weighted by molar-refractivity contribution is 0.435. The Morgan fingerprint density at radius 2 is 1.95 bits per heavy atom. The first-order valence-electron chi connectivity index (χ1n) is 6.90. The molecule has 3 N–H and O–H groups in total. The normalized spacial score (nSPS) is 22.4. The third-order valence-electron chi connectivity index (χ3n) is 3.70. The van der Waals surface area contributed by atoms with E-state index in [1.807, 2.05) is 0 Å². The zero-order chi connectivity index (χ0) is 14.5. The molecule has 1 heterocycles. The maximum absolute atomic E-state index is 13.0. The van der Waals surface area contributed by atoms with E-state index in [-0.39, 0.29) is 0 Å². The van der Waals surface area contributed by atoms with Gasteiger partial charge >= 0.3 is 0 Å². The van der Waals surface area contributed by atoms with Gasteiger partial charge in [-0.05, 0) is 49.9 Å². The molecular formula is C14H20F3N3. The van der Waals surface area contributed by atoms with Crippen LogP contribution in [0.25, 0.3) is 0 Å². The predicted octanol–water partition coefficient (Wildman–Crippen LogP) is 2.09. The molecule has 0 saturated carbocycles. The topological polar surface area (TPSA) is 36.1 Å². The van der Waals surface area contributed by atoms with Crippen molar-refractivity contribution < 1.29 is 13.2 Å². The van der Waals surface area contributed by atoms with Gasteiger partial charge in [0.25, 0.3) is 0 Å². The van der Waals surface area contributed by atoms with E-state index in [2.05, 4.69) is 23.1 Å². The summed E-state index contributed by atoms with van der Waals surface area (Å²) in [5, 5.41) is 3.12. The van der Waals surface area contributed by atoms with Gasteiger partial charge in [0, 0.05) is 19.1 Å². The quantitative estimate of drug-likeness (QED) is 0.554. The summed E-state index contributed by atoms with van der Waals surface area (Å²) in [6.07, 6.45) is 2.07. The predicted molar refractivity (Wildman–Crippen MR) is 71.3 cm³/mol. The zero-order valence-corrected chi connectivity index (χ0v) is 11.5. The average molecular weight is 287 g/mol. The highest BCUT2D eigenvalue weighted by molar-refractivity contribution is 5.19. The number of benzene rings is 1. The van der Waals surface area contributed by atoms with E-state index in [1.54, 1.807) is 0 Å². The van der Waals surface area contributed by atoms with Gasteiger partial charge in [-0.25, -0.2) is 13.2 Å². The average Bonchev–Trinajstić information content (AvgIpc) is 2.81. The summed E-state index contributed by atoms with van der Waals surface area (Å²) in [4.78, 5) is 0. The highest BCUT2D eigenvalue weighted by Crippen LogP contribution is 2.15. The first kappa shape index (κ1) is 15.3. The Kier molecular flexibility index (Phi) is 5.39.